The van der Waals surface area contributed by atoms with Crippen molar-refractivity contribution in [3.8, 4) is 0 Å². The molecule has 0 aromatic heterocycles. The molecule has 0 aromatic rings. The van der Waals surface area contributed by atoms with Crippen molar-refractivity contribution in [3.05, 3.63) is 0 Å². The summed E-state index contributed by atoms with van der Waals surface area (Å²) in [6.45, 7) is 10.3. The van der Waals surface area contributed by atoms with E-state index in [0.717, 1.165) is 12.5 Å². The summed E-state index contributed by atoms with van der Waals surface area (Å²) in [6.07, 6.45) is 11.1. The molecule has 1 saturated carbocycles. The highest BCUT2D eigenvalue weighted by atomic mass is 14.6. The predicted molar refractivity (Wildman–Crippen MR) is 77.0 cm³/mol. The van der Waals surface area contributed by atoms with E-state index in [-0.39, 0.29) is 0 Å². The van der Waals surface area contributed by atoms with Gasteiger partial charge in [0.1, 0.15) is 0 Å². The Morgan fingerprint density at radius 2 is 1.76 bits per heavy atom. The standard InChI is InChI=1S/C16H33N/c1-5-6-14-7-9-16(13-17,10-8-14)12-11-15(2,3)4/h14H,5-13,17H2,1-4H3. The molecule has 0 bridgehead atoms. The molecule has 1 fully saturated rings. The first-order chi connectivity index (χ1) is 7.91. The zero-order chi connectivity index (χ0) is 12.9. The maximum Gasteiger partial charge on any atom is -0.00205 e. The van der Waals surface area contributed by atoms with Gasteiger partial charge in [-0.15, -0.1) is 0 Å². The molecule has 1 nitrogen and oxygen atoms in total. The predicted octanol–water partition coefficient (Wildman–Crippen LogP) is 4.75. The molecule has 0 amide bonds. The first kappa shape index (κ1) is 15.0. The van der Waals surface area contributed by atoms with E-state index < -0.39 is 0 Å². The molecule has 0 spiro atoms. The Balaban J connectivity index is 2.43. The lowest BCUT2D eigenvalue weighted by Crippen LogP contribution is -2.35. The van der Waals surface area contributed by atoms with E-state index in [0.29, 0.717) is 10.8 Å². The van der Waals surface area contributed by atoms with Crippen LogP contribution in [0.5, 0.6) is 0 Å². The van der Waals surface area contributed by atoms with Gasteiger partial charge in [-0.25, -0.2) is 0 Å². The van der Waals surface area contributed by atoms with E-state index in [1.54, 1.807) is 0 Å². The van der Waals surface area contributed by atoms with Crippen molar-refractivity contribution in [1.29, 1.82) is 0 Å². The fourth-order valence-electron chi connectivity index (χ4n) is 3.18. The number of rotatable bonds is 5. The molecular weight excluding hydrogens is 206 g/mol. The molecule has 1 rings (SSSR count). The minimum atomic E-state index is 0.461. The van der Waals surface area contributed by atoms with Crippen LogP contribution in [-0.4, -0.2) is 6.54 Å². The lowest BCUT2D eigenvalue weighted by molar-refractivity contribution is 0.121. The second kappa shape index (κ2) is 6.22. The minimum Gasteiger partial charge on any atom is -0.330 e. The van der Waals surface area contributed by atoms with Crippen LogP contribution >= 0.6 is 0 Å². The summed E-state index contributed by atoms with van der Waals surface area (Å²) in [7, 11) is 0. The highest BCUT2D eigenvalue weighted by Crippen LogP contribution is 2.44. The third-order valence-electron chi connectivity index (χ3n) is 4.70. The molecule has 1 aliphatic rings. The molecule has 0 aliphatic heterocycles. The molecule has 0 aromatic carbocycles. The minimum absolute atomic E-state index is 0.461. The second-order valence-electron chi connectivity index (χ2n) is 7.50. The molecule has 0 unspecified atom stereocenters. The van der Waals surface area contributed by atoms with Gasteiger partial charge in [0.05, 0.1) is 0 Å². The first-order valence-electron chi connectivity index (χ1n) is 7.61. The van der Waals surface area contributed by atoms with Gasteiger partial charge >= 0.3 is 0 Å². The van der Waals surface area contributed by atoms with Crippen molar-refractivity contribution >= 4 is 0 Å². The third kappa shape index (κ3) is 4.99. The van der Waals surface area contributed by atoms with Crippen LogP contribution in [0.25, 0.3) is 0 Å². The summed E-state index contributed by atoms with van der Waals surface area (Å²) >= 11 is 0. The molecule has 102 valence electrons. The van der Waals surface area contributed by atoms with Crippen molar-refractivity contribution in [2.75, 3.05) is 6.54 Å². The fourth-order valence-corrected chi connectivity index (χ4v) is 3.18. The van der Waals surface area contributed by atoms with E-state index in [1.807, 2.05) is 0 Å². The van der Waals surface area contributed by atoms with E-state index in [4.69, 9.17) is 5.73 Å². The summed E-state index contributed by atoms with van der Waals surface area (Å²) in [5.74, 6) is 0.995. The van der Waals surface area contributed by atoms with Crippen LogP contribution < -0.4 is 5.73 Å². The zero-order valence-corrected chi connectivity index (χ0v) is 12.5. The maximum atomic E-state index is 6.09. The van der Waals surface area contributed by atoms with Gasteiger partial charge in [-0.05, 0) is 61.8 Å². The largest absolute Gasteiger partial charge is 0.330 e. The lowest BCUT2D eigenvalue weighted by atomic mass is 9.66. The third-order valence-corrected chi connectivity index (χ3v) is 4.70. The van der Waals surface area contributed by atoms with Crippen LogP contribution in [0.1, 0.15) is 79.1 Å². The summed E-state index contributed by atoms with van der Waals surface area (Å²) < 4.78 is 0. The monoisotopic (exact) mass is 239 g/mol. The molecule has 0 saturated heterocycles. The van der Waals surface area contributed by atoms with Gasteiger partial charge in [0, 0.05) is 0 Å². The van der Waals surface area contributed by atoms with Crippen molar-refractivity contribution in [2.24, 2.45) is 22.5 Å². The van der Waals surface area contributed by atoms with Crippen molar-refractivity contribution in [2.45, 2.75) is 79.1 Å². The average Bonchev–Trinajstić information content (AvgIpc) is 2.28. The molecule has 2 N–H and O–H groups in total. The summed E-state index contributed by atoms with van der Waals surface area (Å²) in [5, 5.41) is 0. The smallest absolute Gasteiger partial charge is 0.00205 e. The summed E-state index contributed by atoms with van der Waals surface area (Å²) in [6, 6.07) is 0. The Bertz CT molecular complexity index is 206. The van der Waals surface area contributed by atoms with E-state index in [1.165, 1.54) is 51.4 Å². The maximum absolute atomic E-state index is 6.09. The Labute approximate surface area is 109 Å². The molecule has 0 radical (unpaired) electrons. The van der Waals surface area contributed by atoms with Gasteiger partial charge < -0.3 is 5.73 Å². The molecule has 0 atom stereocenters. The van der Waals surface area contributed by atoms with Gasteiger partial charge in [-0.1, -0.05) is 40.5 Å². The molecule has 1 aliphatic carbocycles. The van der Waals surface area contributed by atoms with Crippen LogP contribution in [0.4, 0.5) is 0 Å². The average molecular weight is 239 g/mol. The normalized spacial score (nSPS) is 30.5. The van der Waals surface area contributed by atoms with Crippen LogP contribution in [0, 0.1) is 16.7 Å². The van der Waals surface area contributed by atoms with Crippen molar-refractivity contribution < 1.29 is 0 Å². The Morgan fingerprint density at radius 1 is 1.18 bits per heavy atom. The highest BCUT2D eigenvalue weighted by Gasteiger charge is 2.34. The number of nitrogens with two attached hydrogens (primary N) is 1. The van der Waals surface area contributed by atoms with Crippen molar-refractivity contribution in [1.82, 2.24) is 0 Å². The topological polar surface area (TPSA) is 26.0 Å². The first-order valence-corrected chi connectivity index (χ1v) is 7.61. The quantitative estimate of drug-likeness (QED) is 0.736. The van der Waals surface area contributed by atoms with Crippen molar-refractivity contribution in [3.63, 3.8) is 0 Å². The van der Waals surface area contributed by atoms with E-state index in [2.05, 4.69) is 27.7 Å². The summed E-state index contributed by atoms with van der Waals surface area (Å²) in [5.41, 5.74) is 7.03. The van der Waals surface area contributed by atoms with Crippen LogP contribution in [0.15, 0.2) is 0 Å². The Hall–Kier alpha value is -0.0400. The van der Waals surface area contributed by atoms with Gasteiger partial charge in [0.25, 0.3) is 0 Å². The second-order valence-corrected chi connectivity index (χ2v) is 7.50. The Morgan fingerprint density at radius 3 is 2.18 bits per heavy atom. The molecule has 0 heterocycles. The number of hydrogen-bond donors (Lipinski definition) is 1. The summed E-state index contributed by atoms with van der Waals surface area (Å²) in [4.78, 5) is 0. The van der Waals surface area contributed by atoms with Crippen LogP contribution in [0.2, 0.25) is 0 Å². The van der Waals surface area contributed by atoms with Crippen LogP contribution in [0.3, 0.4) is 0 Å². The van der Waals surface area contributed by atoms with Gasteiger partial charge in [0.15, 0.2) is 0 Å². The van der Waals surface area contributed by atoms with Gasteiger partial charge in [0.2, 0.25) is 0 Å². The fraction of sp³-hybridized carbons (Fsp3) is 1.00. The SMILES string of the molecule is CCCC1CCC(CN)(CCC(C)(C)C)CC1. The van der Waals surface area contributed by atoms with E-state index in [9.17, 15) is 0 Å². The molecule has 17 heavy (non-hydrogen) atoms. The number of hydrogen-bond acceptors (Lipinski definition) is 1. The van der Waals surface area contributed by atoms with E-state index >= 15 is 0 Å². The van der Waals surface area contributed by atoms with Gasteiger partial charge in [-0.3, -0.25) is 0 Å². The Kier molecular flexibility index (Phi) is 5.50. The lowest BCUT2D eigenvalue weighted by Gasteiger charge is -2.41. The molecular formula is C16H33N. The van der Waals surface area contributed by atoms with Crippen LogP contribution in [-0.2, 0) is 0 Å². The van der Waals surface area contributed by atoms with Gasteiger partial charge in [-0.2, -0.15) is 0 Å². The highest BCUT2D eigenvalue weighted by molar-refractivity contribution is 4.87. The molecule has 1 heteroatoms. The zero-order valence-electron chi connectivity index (χ0n) is 12.5.